The standard InChI is InChI=1S/C16H17NO3S2/c1-12-8-10-15(11-9-12)22(18,19)17-13(2)16(20-21-17)14-6-4-3-5-7-14/h3-11,13,16H,1-2H3/t13?,16-/m0/s1. The maximum absolute atomic E-state index is 12.8. The normalized spacial score (nSPS) is 22.8. The first kappa shape index (κ1) is 15.6. The van der Waals surface area contributed by atoms with Gasteiger partial charge in [-0.3, -0.25) is 4.18 Å². The molecule has 1 aliphatic rings. The molecule has 2 atom stereocenters. The molecular weight excluding hydrogens is 318 g/mol. The molecule has 0 N–H and O–H groups in total. The summed E-state index contributed by atoms with van der Waals surface area (Å²) in [6.45, 7) is 3.79. The van der Waals surface area contributed by atoms with Gasteiger partial charge < -0.3 is 0 Å². The van der Waals surface area contributed by atoms with Gasteiger partial charge in [-0.25, -0.2) is 8.42 Å². The molecule has 1 heterocycles. The molecular formula is C16H17NO3S2. The van der Waals surface area contributed by atoms with Gasteiger partial charge in [0.2, 0.25) is 0 Å². The lowest BCUT2D eigenvalue weighted by Crippen LogP contribution is -2.31. The quantitative estimate of drug-likeness (QED) is 0.634. The van der Waals surface area contributed by atoms with Gasteiger partial charge in [0, 0.05) is 0 Å². The van der Waals surface area contributed by atoms with Gasteiger partial charge in [-0.15, -0.1) is 3.71 Å². The average Bonchev–Trinajstić information content (AvgIpc) is 2.91. The summed E-state index contributed by atoms with van der Waals surface area (Å²) in [6.07, 6.45) is -0.272. The predicted molar refractivity (Wildman–Crippen MR) is 87.5 cm³/mol. The fourth-order valence-electron chi connectivity index (χ4n) is 2.40. The molecule has 0 bridgehead atoms. The van der Waals surface area contributed by atoms with Crippen LogP contribution in [0.5, 0.6) is 0 Å². The van der Waals surface area contributed by atoms with Crippen molar-refractivity contribution in [3.05, 3.63) is 65.7 Å². The predicted octanol–water partition coefficient (Wildman–Crippen LogP) is 3.71. The van der Waals surface area contributed by atoms with Gasteiger partial charge in [-0.1, -0.05) is 48.0 Å². The fourth-order valence-corrected chi connectivity index (χ4v) is 5.01. The topological polar surface area (TPSA) is 46.6 Å². The zero-order valence-corrected chi connectivity index (χ0v) is 14.0. The van der Waals surface area contributed by atoms with E-state index in [0.717, 1.165) is 23.4 Å². The molecule has 2 aromatic rings. The van der Waals surface area contributed by atoms with Gasteiger partial charge in [0.25, 0.3) is 10.0 Å². The van der Waals surface area contributed by atoms with Crippen molar-refractivity contribution in [2.75, 3.05) is 0 Å². The number of benzene rings is 2. The molecule has 1 unspecified atom stereocenters. The van der Waals surface area contributed by atoms with Crippen molar-refractivity contribution in [2.45, 2.75) is 30.9 Å². The van der Waals surface area contributed by atoms with Gasteiger partial charge in [-0.2, -0.15) is 0 Å². The third-order valence-corrected chi connectivity index (χ3v) is 6.89. The molecule has 1 saturated heterocycles. The Hall–Kier alpha value is -1.34. The summed E-state index contributed by atoms with van der Waals surface area (Å²) in [5, 5.41) is 0. The largest absolute Gasteiger partial charge is 0.290 e. The van der Waals surface area contributed by atoms with Crippen LogP contribution in [0.4, 0.5) is 0 Å². The van der Waals surface area contributed by atoms with E-state index in [-0.39, 0.29) is 17.0 Å². The lowest BCUT2D eigenvalue weighted by Gasteiger charge is -2.20. The number of rotatable bonds is 3. The summed E-state index contributed by atoms with van der Waals surface area (Å²) >= 11 is 0.905. The Balaban J connectivity index is 1.88. The van der Waals surface area contributed by atoms with E-state index in [1.807, 2.05) is 44.2 Å². The van der Waals surface area contributed by atoms with Crippen LogP contribution in [0.3, 0.4) is 0 Å². The molecule has 2 aromatic carbocycles. The van der Waals surface area contributed by atoms with Crippen LogP contribution in [0, 0.1) is 6.92 Å². The lowest BCUT2D eigenvalue weighted by molar-refractivity contribution is 0.232. The highest BCUT2D eigenvalue weighted by molar-refractivity contribution is 8.06. The Bertz CT molecular complexity index is 745. The zero-order chi connectivity index (χ0) is 15.7. The van der Waals surface area contributed by atoms with E-state index in [1.165, 1.54) is 3.71 Å². The van der Waals surface area contributed by atoms with E-state index >= 15 is 0 Å². The van der Waals surface area contributed by atoms with Crippen LogP contribution in [0.2, 0.25) is 0 Å². The van der Waals surface area contributed by atoms with Gasteiger partial charge in [0.1, 0.15) is 6.10 Å². The molecule has 3 rings (SSSR count). The molecule has 0 aromatic heterocycles. The van der Waals surface area contributed by atoms with Crippen molar-refractivity contribution in [3.63, 3.8) is 0 Å². The number of hydrogen-bond acceptors (Lipinski definition) is 4. The zero-order valence-electron chi connectivity index (χ0n) is 12.3. The molecule has 0 amide bonds. The van der Waals surface area contributed by atoms with E-state index in [4.69, 9.17) is 4.18 Å². The Kier molecular flexibility index (Phi) is 4.27. The summed E-state index contributed by atoms with van der Waals surface area (Å²) in [6, 6.07) is 16.3. The molecule has 1 fully saturated rings. The summed E-state index contributed by atoms with van der Waals surface area (Å²) < 4.78 is 32.5. The van der Waals surface area contributed by atoms with E-state index in [2.05, 4.69) is 0 Å². The first-order valence-electron chi connectivity index (χ1n) is 6.99. The van der Waals surface area contributed by atoms with Crippen molar-refractivity contribution in [1.82, 2.24) is 3.71 Å². The number of aryl methyl sites for hydroxylation is 1. The maximum Gasteiger partial charge on any atom is 0.254 e. The van der Waals surface area contributed by atoms with E-state index in [0.29, 0.717) is 0 Å². The molecule has 116 valence electrons. The molecule has 0 aliphatic carbocycles. The van der Waals surface area contributed by atoms with Gasteiger partial charge >= 0.3 is 0 Å². The van der Waals surface area contributed by atoms with Crippen molar-refractivity contribution in [1.29, 1.82) is 0 Å². The summed E-state index contributed by atoms with van der Waals surface area (Å²) in [4.78, 5) is 0.287. The van der Waals surface area contributed by atoms with Crippen LogP contribution in [-0.4, -0.2) is 18.2 Å². The highest BCUT2D eigenvalue weighted by Gasteiger charge is 2.42. The highest BCUT2D eigenvalue weighted by atomic mass is 32.3. The minimum Gasteiger partial charge on any atom is -0.290 e. The minimum absolute atomic E-state index is 0.272. The van der Waals surface area contributed by atoms with E-state index in [1.54, 1.807) is 24.3 Å². The third kappa shape index (κ3) is 2.79. The second-order valence-electron chi connectivity index (χ2n) is 5.32. The second-order valence-corrected chi connectivity index (χ2v) is 8.10. The Morgan fingerprint density at radius 2 is 1.68 bits per heavy atom. The van der Waals surface area contributed by atoms with Gasteiger partial charge in [0.05, 0.1) is 23.2 Å². The Morgan fingerprint density at radius 1 is 1.05 bits per heavy atom. The Morgan fingerprint density at radius 3 is 2.32 bits per heavy atom. The minimum atomic E-state index is -3.57. The first-order chi connectivity index (χ1) is 10.5. The maximum atomic E-state index is 12.8. The molecule has 4 nitrogen and oxygen atoms in total. The van der Waals surface area contributed by atoms with Crippen LogP contribution >= 0.6 is 12.2 Å². The van der Waals surface area contributed by atoms with E-state index in [9.17, 15) is 8.42 Å². The van der Waals surface area contributed by atoms with Crippen LogP contribution in [0.15, 0.2) is 59.5 Å². The monoisotopic (exact) mass is 335 g/mol. The van der Waals surface area contributed by atoms with Crippen LogP contribution < -0.4 is 0 Å². The first-order valence-corrected chi connectivity index (χ1v) is 9.13. The number of hydrogen-bond donors (Lipinski definition) is 0. The van der Waals surface area contributed by atoms with Crippen molar-refractivity contribution in [3.8, 4) is 0 Å². The van der Waals surface area contributed by atoms with Crippen LogP contribution in [-0.2, 0) is 14.2 Å². The molecule has 0 spiro atoms. The van der Waals surface area contributed by atoms with E-state index < -0.39 is 10.0 Å². The average molecular weight is 335 g/mol. The van der Waals surface area contributed by atoms with Crippen LogP contribution in [0.1, 0.15) is 24.2 Å². The SMILES string of the molecule is Cc1ccc(S(=O)(=O)N2SO[C@H](c3ccccc3)C2C)cc1. The van der Waals surface area contributed by atoms with Crippen molar-refractivity contribution >= 4 is 22.3 Å². The van der Waals surface area contributed by atoms with Crippen LogP contribution in [0.25, 0.3) is 0 Å². The molecule has 6 heteroatoms. The molecule has 0 radical (unpaired) electrons. The Labute approximate surface area is 135 Å². The smallest absolute Gasteiger partial charge is 0.254 e. The van der Waals surface area contributed by atoms with Gasteiger partial charge in [-0.05, 0) is 31.5 Å². The molecule has 22 heavy (non-hydrogen) atoms. The summed E-state index contributed by atoms with van der Waals surface area (Å²) in [7, 11) is -3.57. The number of nitrogens with zero attached hydrogens (tertiary/aromatic N) is 1. The van der Waals surface area contributed by atoms with Gasteiger partial charge in [0.15, 0.2) is 0 Å². The molecule has 1 aliphatic heterocycles. The lowest BCUT2D eigenvalue weighted by atomic mass is 10.0. The second kappa shape index (κ2) is 6.04. The highest BCUT2D eigenvalue weighted by Crippen LogP contribution is 2.43. The summed E-state index contributed by atoms with van der Waals surface area (Å²) in [5.74, 6) is 0. The fraction of sp³-hybridized carbons (Fsp3) is 0.250. The van der Waals surface area contributed by atoms with Crippen molar-refractivity contribution < 1.29 is 12.6 Å². The number of sulfonamides is 1. The summed E-state index contributed by atoms with van der Waals surface area (Å²) in [5.41, 5.74) is 2.00. The van der Waals surface area contributed by atoms with Crippen molar-refractivity contribution in [2.24, 2.45) is 0 Å². The molecule has 0 saturated carbocycles. The third-order valence-electron chi connectivity index (χ3n) is 3.67.